The molecule has 0 bridgehead atoms. The molecule has 1 saturated heterocycles. The highest BCUT2D eigenvalue weighted by molar-refractivity contribution is 7.18. The third kappa shape index (κ3) is 5.37. The van der Waals surface area contributed by atoms with E-state index >= 15 is 0 Å². The summed E-state index contributed by atoms with van der Waals surface area (Å²) in [5.74, 6) is 0.326. The quantitative estimate of drug-likeness (QED) is 0.360. The number of amides is 1. The first-order chi connectivity index (χ1) is 17.7. The first-order valence-electron chi connectivity index (χ1n) is 11.7. The Morgan fingerprint density at radius 1 is 1.22 bits per heavy atom. The number of piperidine rings is 1. The molecular weight excluding hydrogens is 527 g/mol. The van der Waals surface area contributed by atoms with Gasteiger partial charge in [-0.3, -0.25) is 19.5 Å². The topological polar surface area (TPSA) is 112 Å². The lowest BCUT2D eigenvalue weighted by molar-refractivity contribution is -0.156. The standard InChI is InChI=1S/C22H21N5O2S2.C2HF3O/c28-20-18-13-3-1-4-16(13)31-21(18)24-19(23-20)22(29)27-8-6-12(7-9-27)14-11-15(26-25-14)17-5-2-10-30-17;3-2(4,5)1-6/h2,5,10-12H,1,3-4,6-9H2,(H,25,26)(H,23,24,28);1H. The van der Waals surface area contributed by atoms with E-state index in [-0.39, 0.29) is 17.3 Å². The second-order valence-corrected chi connectivity index (χ2v) is 10.9. The molecule has 4 aromatic rings. The predicted molar refractivity (Wildman–Crippen MR) is 134 cm³/mol. The third-order valence-electron chi connectivity index (χ3n) is 6.50. The smallest absolute Gasteiger partial charge is 0.336 e. The molecule has 2 N–H and O–H groups in total. The van der Waals surface area contributed by atoms with Gasteiger partial charge in [0.05, 0.1) is 10.3 Å². The number of halogens is 3. The summed E-state index contributed by atoms with van der Waals surface area (Å²) in [7, 11) is 0. The molecule has 1 fully saturated rings. The van der Waals surface area contributed by atoms with Gasteiger partial charge in [0.1, 0.15) is 10.5 Å². The Kier molecular flexibility index (Phi) is 6.99. The number of carbonyl (C=O) groups excluding carboxylic acids is 2. The second kappa shape index (κ2) is 10.2. The molecule has 0 radical (unpaired) electrons. The van der Waals surface area contributed by atoms with Crippen LogP contribution in [0, 0.1) is 0 Å². The van der Waals surface area contributed by atoms with E-state index in [0.29, 0.717) is 29.2 Å². The van der Waals surface area contributed by atoms with E-state index in [1.165, 1.54) is 4.88 Å². The highest BCUT2D eigenvalue weighted by Gasteiger charge is 2.29. The summed E-state index contributed by atoms with van der Waals surface area (Å²) >= 11 is 3.24. The van der Waals surface area contributed by atoms with Crippen molar-refractivity contribution in [3.05, 3.63) is 55.9 Å². The number of H-pyrrole nitrogens is 2. The van der Waals surface area contributed by atoms with Crippen molar-refractivity contribution >= 4 is 45.1 Å². The van der Waals surface area contributed by atoms with E-state index in [1.54, 1.807) is 27.6 Å². The zero-order valence-corrected chi connectivity index (χ0v) is 21.1. The maximum Gasteiger partial charge on any atom is 0.446 e. The number of aromatic nitrogens is 4. The van der Waals surface area contributed by atoms with Crippen molar-refractivity contribution in [2.75, 3.05) is 13.1 Å². The fourth-order valence-electron chi connectivity index (χ4n) is 4.74. The number of nitrogens with zero attached hydrogens (tertiary/aromatic N) is 3. The van der Waals surface area contributed by atoms with E-state index in [9.17, 15) is 22.8 Å². The van der Waals surface area contributed by atoms with Gasteiger partial charge in [-0.25, -0.2) is 4.98 Å². The number of carbonyl (C=O) groups is 2. The van der Waals surface area contributed by atoms with Crippen molar-refractivity contribution in [3.63, 3.8) is 0 Å². The fraction of sp³-hybridized carbons (Fsp3) is 0.375. The number of rotatable bonds is 3. The molecule has 194 valence electrons. The van der Waals surface area contributed by atoms with Gasteiger partial charge in [0, 0.05) is 29.6 Å². The van der Waals surface area contributed by atoms with Crippen molar-refractivity contribution in [1.29, 1.82) is 0 Å². The molecule has 0 spiro atoms. The summed E-state index contributed by atoms with van der Waals surface area (Å²) in [6.45, 7) is 1.28. The molecule has 5 heterocycles. The largest absolute Gasteiger partial charge is 0.446 e. The lowest BCUT2D eigenvalue weighted by Crippen LogP contribution is -2.39. The van der Waals surface area contributed by atoms with Crippen LogP contribution in [0.1, 0.15) is 51.9 Å². The molecule has 0 atom stereocenters. The van der Waals surface area contributed by atoms with Gasteiger partial charge in [-0.05, 0) is 55.2 Å². The Bertz CT molecular complexity index is 1480. The van der Waals surface area contributed by atoms with Crippen molar-refractivity contribution in [2.24, 2.45) is 0 Å². The van der Waals surface area contributed by atoms with Crippen LogP contribution in [0.5, 0.6) is 0 Å². The number of hydrogen-bond donors (Lipinski definition) is 2. The Morgan fingerprint density at radius 2 is 1.97 bits per heavy atom. The molecule has 4 aromatic heterocycles. The van der Waals surface area contributed by atoms with Crippen LogP contribution in [0.4, 0.5) is 13.2 Å². The number of alkyl halides is 3. The summed E-state index contributed by atoms with van der Waals surface area (Å²) in [6.07, 6.45) is -0.948. The Morgan fingerprint density at radius 3 is 2.65 bits per heavy atom. The minimum atomic E-state index is -4.64. The minimum Gasteiger partial charge on any atom is -0.336 e. The number of likely N-dealkylation sites (tertiary alicyclic amines) is 1. The molecule has 1 aliphatic carbocycles. The Labute approximate surface area is 216 Å². The maximum absolute atomic E-state index is 13.1. The van der Waals surface area contributed by atoms with Gasteiger partial charge in [0.2, 0.25) is 12.1 Å². The van der Waals surface area contributed by atoms with Gasteiger partial charge in [-0.15, -0.1) is 22.7 Å². The van der Waals surface area contributed by atoms with E-state index in [4.69, 9.17) is 4.79 Å². The number of fused-ring (bicyclic) bond motifs is 3. The van der Waals surface area contributed by atoms with Crippen LogP contribution in [0.2, 0.25) is 0 Å². The average molecular weight is 550 g/mol. The number of thiophene rings is 2. The Balaban J connectivity index is 0.000000421. The van der Waals surface area contributed by atoms with E-state index in [2.05, 4.69) is 32.3 Å². The number of aryl methyl sites for hydroxylation is 2. The van der Waals surface area contributed by atoms with Gasteiger partial charge in [-0.2, -0.15) is 18.3 Å². The summed E-state index contributed by atoms with van der Waals surface area (Å²) in [4.78, 5) is 46.6. The molecule has 0 unspecified atom stereocenters. The summed E-state index contributed by atoms with van der Waals surface area (Å²) in [6, 6.07) is 6.22. The van der Waals surface area contributed by atoms with Crippen molar-refractivity contribution in [2.45, 2.75) is 44.2 Å². The number of aldehydes is 1. The van der Waals surface area contributed by atoms with E-state index < -0.39 is 12.5 Å². The second-order valence-electron chi connectivity index (χ2n) is 8.86. The molecule has 1 aliphatic heterocycles. The molecule has 0 aromatic carbocycles. The van der Waals surface area contributed by atoms with Crippen LogP contribution < -0.4 is 5.56 Å². The van der Waals surface area contributed by atoms with Crippen LogP contribution in [-0.2, 0) is 17.6 Å². The lowest BCUT2D eigenvalue weighted by atomic mass is 9.93. The molecule has 6 rings (SSSR count). The van der Waals surface area contributed by atoms with E-state index in [0.717, 1.165) is 53.9 Å². The number of hydrogen-bond acceptors (Lipinski definition) is 7. The normalized spacial score (nSPS) is 15.9. The zero-order valence-electron chi connectivity index (χ0n) is 19.4. The highest BCUT2D eigenvalue weighted by atomic mass is 32.1. The first kappa shape index (κ1) is 25.3. The average Bonchev–Trinajstić information content (AvgIpc) is 3.67. The van der Waals surface area contributed by atoms with Gasteiger partial charge >= 0.3 is 6.18 Å². The first-order valence-corrected chi connectivity index (χ1v) is 13.4. The van der Waals surface area contributed by atoms with Crippen LogP contribution >= 0.6 is 22.7 Å². The lowest BCUT2D eigenvalue weighted by Gasteiger charge is -2.31. The predicted octanol–water partition coefficient (Wildman–Crippen LogP) is 4.69. The summed E-state index contributed by atoms with van der Waals surface area (Å²) in [5, 5.41) is 10.4. The molecular formula is C24H22F3N5O3S2. The third-order valence-corrected chi connectivity index (χ3v) is 8.58. The number of aromatic amines is 2. The molecule has 8 nitrogen and oxygen atoms in total. The summed E-state index contributed by atoms with van der Waals surface area (Å²) < 4.78 is 31.2. The molecule has 1 amide bonds. The van der Waals surface area contributed by atoms with Gasteiger partial charge < -0.3 is 9.88 Å². The monoisotopic (exact) mass is 549 g/mol. The van der Waals surface area contributed by atoms with Crippen molar-refractivity contribution < 1.29 is 22.8 Å². The van der Waals surface area contributed by atoms with Gasteiger partial charge in [0.15, 0.2) is 0 Å². The van der Waals surface area contributed by atoms with Crippen LogP contribution in [0.15, 0.2) is 28.4 Å². The molecule has 0 saturated carbocycles. The minimum absolute atomic E-state index is 0.164. The number of nitrogens with one attached hydrogen (secondary N) is 2. The Hall–Kier alpha value is -3.32. The highest BCUT2D eigenvalue weighted by Crippen LogP contribution is 2.35. The van der Waals surface area contributed by atoms with E-state index in [1.807, 2.05) is 11.4 Å². The SMILES string of the molecule is O=C(c1nc2sc3c(c2c(=O)[nH]1)CCC3)N1CCC(c2cc(-c3cccs3)n[nH]2)CC1.O=CC(F)(F)F. The van der Waals surface area contributed by atoms with Crippen LogP contribution in [0.3, 0.4) is 0 Å². The molecule has 2 aliphatic rings. The van der Waals surface area contributed by atoms with Crippen molar-refractivity contribution in [1.82, 2.24) is 25.1 Å². The van der Waals surface area contributed by atoms with Crippen LogP contribution in [-0.4, -0.2) is 56.5 Å². The van der Waals surface area contributed by atoms with Crippen LogP contribution in [0.25, 0.3) is 20.8 Å². The molecule has 37 heavy (non-hydrogen) atoms. The zero-order chi connectivity index (χ0) is 26.2. The fourth-order valence-corrected chi connectivity index (χ4v) is 6.69. The molecule has 13 heteroatoms. The van der Waals surface area contributed by atoms with Gasteiger partial charge in [-0.1, -0.05) is 6.07 Å². The maximum atomic E-state index is 13.1. The summed E-state index contributed by atoms with van der Waals surface area (Å²) in [5.41, 5.74) is 3.05. The van der Waals surface area contributed by atoms with Crippen molar-refractivity contribution in [3.8, 4) is 10.6 Å². The van der Waals surface area contributed by atoms with Gasteiger partial charge in [0.25, 0.3) is 11.5 Å².